The minimum atomic E-state index is 0.241. The Labute approximate surface area is 110 Å². The maximum absolute atomic E-state index is 9.29. The molecule has 0 spiro atoms. The van der Waals surface area contributed by atoms with Crippen LogP contribution >= 0.6 is 0 Å². The fourth-order valence-electron chi connectivity index (χ4n) is 1.98. The topological polar surface area (TPSA) is 41.5 Å². The molecule has 1 aromatic carbocycles. The number of nitrogens with one attached hydrogen (secondary N) is 1. The maximum Gasteiger partial charge on any atom is 0.115 e. The van der Waals surface area contributed by atoms with Crippen LogP contribution in [-0.4, -0.2) is 31.9 Å². The van der Waals surface area contributed by atoms with E-state index in [1.54, 1.807) is 19.2 Å². The highest BCUT2D eigenvalue weighted by Crippen LogP contribution is 2.26. The lowest BCUT2D eigenvalue weighted by Crippen LogP contribution is -2.34. The van der Waals surface area contributed by atoms with Gasteiger partial charge in [-0.15, -0.1) is 0 Å². The number of phenolic OH excluding ortho intramolecular Hbond substituents is 1. The molecule has 0 amide bonds. The molecule has 102 valence electrons. The minimum Gasteiger partial charge on any atom is -0.508 e. The summed E-state index contributed by atoms with van der Waals surface area (Å²) in [6.45, 7) is 7.13. The Morgan fingerprint density at radius 2 is 1.94 bits per heavy atom. The van der Waals surface area contributed by atoms with Crippen LogP contribution in [0.3, 0.4) is 0 Å². The van der Waals surface area contributed by atoms with Gasteiger partial charge in [-0.25, -0.2) is 0 Å². The second-order valence-electron chi connectivity index (χ2n) is 5.18. The summed E-state index contributed by atoms with van der Waals surface area (Å²) in [6, 6.07) is 7.50. The molecule has 3 nitrogen and oxygen atoms in total. The summed E-state index contributed by atoms with van der Waals surface area (Å²) in [4.78, 5) is 0. The van der Waals surface area contributed by atoms with E-state index in [4.69, 9.17) is 4.74 Å². The summed E-state index contributed by atoms with van der Waals surface area (Å²) >= 11 is 0. The largest absolute Gasteiger partial charge is 0.508 e. The zero-order chi connectivity index (χ0) is 13.4. The van der Waals surface area contributed by atoms with E-state index in [1.165, 1.54) is 5.56 Å². The molecule has 0 saturated carbocycles. The zero-order valence-electron chi connectivity index (χ0n) is 11.7. The van der Waals surface area contributed by atoms with E-state index in [0.717, 1.165) is 32.5 Å². The Morgan fingerprint density at radius 3 is 2.50 bits per heavy atom. The lowest BCUT2D eigenvalue weighted by molar-refractivity contribution is 0.191. The van der Waals surface area contributed by atoms with E-state index in [1.807, 2.05) is 12.1 Å². The Bertz CT molecular complexity index is 337. The third-order valence-electron chi connectivity index (χ3n) is 3.46. The van der Waals surface area contributed by atoms with Gasteiger partial charge in [-0.05, 0) is 36.0 Å². The molecule has 1 unspecified atom stereocenters. The van der Waals surface area contributed by atoms with E-state index in [9.17, 15) is 5.11 Å². The van der Waals surface area contributed by atoms with Crippen molar-refractivity contribution in [3.8, 4) is 5.75 Å². The van der Waals surface area contributed by atoms with Crippen LogP contribution in [0.5, 0.6) is 5.75 Å². The van der Waals surface area contributed by atoms with E-state index >= 15 is 0 Å². The molecule has 1 atom stereocenters. The van der Waals surface area contributed by atoms with Crippen molar-refractivity contribution in [2.75, 3.05) is 26.8 Å². The fourth-order valence-corrected chi connectivity index (χ4v) is 1.98. The molecular weight excluding hydrogens is 226 g/mol. The molecule has 0 aromatic heterocycles. The zero-order valence-corrected chi connectivity index (χ0v) is 11.7. The number of benzene rings is 1. The maximum atomic E-state index is 9.29. The summed E-state index contributed by atoms with van der Waals surface area (Å²) in [5.41, 5.74) is 1.51. The molecule has 0 heterocycles. The molecule has 1 aromatic rings. The molecule has 18 heavy (non-hydrogen) atoms. The van der Waals surface area contributed by atoms with Gasteiger partial charge >= 0.3 is 0 Å². The van der Waals surface area contributed by atoms with Crippen molar-refractivity contribution in [3.63, 3.8) is 0 Å². The summed E-state index contributed by atoms with van der Waals surface area (Å²) in [5, 5.41) is 12.7. The van der Waals surface area contributed by atoms with Crippen LogP contribution in [0.25, 0.3) is 0 Å². The summed E-state index contributed by atoms with van der Waals surface area (Å²) in [7, 11) is 1.72. The fraction of sp³-hybridized carbons (Fsp3) is 0.600. The van der Waals surface area contributed by atoms with Gasteiger partial charge < -0.3 is 15.2 Å². The van der Waals surface area contributed by atoms with Crippen LogP contribution in [0.15, 0.2) is 24.3 Å². The number of aromatic hydroxyl groups is 1. The van der Waals surface area contributed by atoms with Gasteiger partial charge in [0, 0.05) is 20.2 Å². The Morgan fingerprint density at radius 1 is 1.28 bits per heavy atom. The highest BCUT2D eigenvalue weighted by atomic mass is 16.5. The van der Waals surface area contributed by atoms with E-state index in [2.05, 4.69) is 19.2 Å². The Kier molecular flexibility index (Phi) is 6.16. The molecule has 0 aliphatic carbocycles. The predicted molar refractivity (Wildman–Crippen MR) is 75.0 cm³/mol. The van der Waals surface area contributed by atoms with E-state index < -0.39 is 0 Å². The third kappa shape index (κ3) is 5.07. The van der Waals surface area contributed by atoms with E-state index in [0.29, 0.717) is 5.75 Å². The van der Waals surface area contributed by atoms with Gasteiger partial charge in [-0.1, -0.05) is 26.0 Å². The second kappa shape index (κ2) is 7.39. The number of phenols is 1. The average Bonchev–Trinajstić information content (AvgIpc) is 2.38. The number of methoxy groups -OCH3 is 1. The van der Waals surface area contributed by atoms with Gasteiger partial charge in [0.2, 0.25) is 0 Å². The van der Waals surface area contributed by atoms with Crippen LogP contribution in [0.2, 0.25) is 0 Å². The normalized spacial score (nSPS) is 14.4. The lowest BCUT2D eigenvalue weighted by atomic mass is 9.81. The van der Waals surface area contributed by atoms with Crippen LogP contribution < -0.4 is 5.32 Å². The average molecular weight is 251 g/mol. The summed E-state index contributed by atoms with van der Waals surface area (Å²) in [6.07, 6.45) is 2.14. The van der Waals surface area contributed by atoms with Crippen LogP contribution in [0.4, 0.5) is 0 Å². The SMILES string of the molecule is CCC(C)(CNCCOC)Cc1ccc(O)cc1. The molecule has 0 aliphatic heterocycles. The molecule has 3 heteroatoms. The molecule has 0 saturated heterocycles. The predicted octanol–water partition coefficient (Wildman–Crippen LogP) is 2.59. The molecule has 0 radical (unpaired) electrons. The lowest BCUT2D eigenvalue weighted by Gasteiger charge is -2.29. The Hall–Kier alpha value is -1.06. The first kappa shape index (κ1) is 15.0. The second-order valence-corrected chi connectivity index (χ2v) is 5.18. The van der Waals surface area contributed by atoms with Crippen molar-refractivity contribution in [2.45, 2.75) is 26.7 Å². The van der Waals surface area contributed by atoms with Crippen LogP contribution in [-0.2, 0) is 11.2 Å². The number of ether oxygens (including phenoxy) is 1. The highest BCUT2D eigenvalue weighted by Gasteiger charge is 2.22. The molecular formula is C15H25NO2. The first-order valence-corrected chi connectivity index (χ1v) is 6.57. The molecule has 1 rings (SSSR count). The first-order valence-electron chi connectivity index (χ1n) is 6.57. The van der Waals surface area contributed by atoms with Crippen molar-refractivity contribution >= 4 is 0 Å². The van der Waals surface area contributed by atoms with Crippen molar-refractivity contribution in [2.24, 2.45) is 5.41 Å². The van der Waals surface area contributed by atoms with Gasteiger partial charge in [-0.3, -0.25) is 0 Å². The van der Waals surface area contributed by atoms with Crippen molar-refractivity contribution < 1.29 is 9.84 Å². The van der Waals surface area contributed by atoms with Crippen molar-refractivity contribution in [3.05, 3.63) is 29.8 Å². The van der Waals surface area contributed by atoms with Gasteiger partial charge in [0.25, 0.3) is 0 Å². The smallest absolute Gasteiger partial charge is 0.115 e. The quantitative estimate of drug-likeness (QED) is 0.698. The highest BCUT2D eigenvalue weighted by molar-refractivity contribution is 5.26. The van der Waals surface area contributed by atoms with Gasteiger partial charge in [0.1, 0.15) is 5.75 Å². The molecule has 0 aliphatic rings. The van der Waals surface area contributed by atoms with Crippen LogP contribution in [0, 0.1) is 5.41 Å². The van der Waals surface area contributed by atoms with Gasteiger partial charge in [0.15, 0.2) is 0 Å². The molecule has 0 fully saturated rings. The first-order chi connectivity index (χ1) is 8.59. The molecule has 2 N–H and O–H groups in total. The third-order valence-corrected chi connectivity index (χ3v) is 3.46. The van der Waals surface area contributed by atoms with Gasteiger partial charge in [-0.2, -0.15) is 0 Å². The number of hydrogen-bond donors (Lipinski definition) is 2. The standard InChI is InChI=1S/C15H25NO2/c1-4-15(2,12-16-9-10-18-3)11-13-5-7-14(17)8-6-13/h5-8,16-17H,4,9-12H2,1-3H3. The minimum absolute atomic E-state index is 0.241. The summed E-state index contributed by atoms with van der Waals surface area (Å²) < 4.78 is 5.03. The molecule has 0 bridgehead atoms. The summed E-state index contributed by atoms with van der Waals surface area (Å²) in [5.74, 6) is 0.329. The number of rotatable bonds is 8. The van der Waals surface area contributed by atoms with Crippen molar-refractivity contribution in [1.82, 2.24) is 5.32 Å². The Balaban J connectivity index is 2.50. The van der Waals surface area contributed by atoms with Crippen LogP contribution in [0.1, 0.15) is 25.8 Å². The van der Waals surface area contributed by atoms with Gasteiger partial charge in [0.05, 0.1) is 6.61 Å². The number of hydrogen-bond acceptors (Lipinski definition) is 3. The van der Waals surface area contributed by atoms with E-state index in [-0.39, 0.29) is 5.41 Å². The monoisotopic (exact) mass is 251 g/mol. The van der Waals surface area contributed by atoms with Crippen molar-refractivity contribution in [1.29, 1.82) is 0 Å².